The Labute approximate surface area is 238 Å². The molecule has 1 aliphatic rings. The van der Waals surface area contributed by atoms with Gasteiger partial charge in [-0.1, -0.05) is 44.2 Å². The van der Waals surface area contributed by atoms with Gasteiger partial charge in [0.15, 0.2) is 0 Å². The maximum atomic E-state index is 13.5. The highest BCUT2D eigenvalue weighted by atomic mass is 127. The molecule has 0 radical (unpaired) electrons. The Morgan fingerprint density at radius 3 is 2.39 bits per heavy atom. The maximum Gasteiger partial charge on any atom is 0.243 e. The minimum Gasteiger partial charge on any atom is -0.492 e. The first-order chi connectivity index (χ1) is 18.3. The fourth-order valence-corrected chi connectivity index (χ4v) is 4.61. The second-order valence-electron chi connectivity index (χ2n) is 9.72. The summed E-state index contributed by atoms with van der Waals surface area (Å²) in [6.45, 7) is 4.90. The number of hydrogen-bond donors (Lipinski definition) is 5. The normalized spacial score (nSPS) is 22.2. The molecule has 2 aromatic rings. The third-order valence-corrected chi connectivity index (χ3v) is 7.15. The lowest BCUT2D eigenvalue weighted by Crippen LogP contribution is -2.59. The van der Waals surface area contributed by atoms with E-state index in [1.54, 1.807) is 0 Å². The summed E-state index contributed by atoms with van der Waals surface area (Å²) >= 11 is 2.24. The molecule has 6 N–H and O–H groups in total. The molecule has 3 amide bonds. The van der Waals surface area contributed by atoms with Crippen molar-refractivity contribution in [1.82, 2.24) is 21.3 Å². The van der Waals surface area contributed by atoms with Crippen LogP contribution in [0.5, 0.6) is 5.75 Å². The summed E-state index contributed by atoms with van der Waals surface area (Å²) in [5.74, 6) is -0.506. The molecule has 2 aromatic carbocycles. The second kappa shape index (κ2) is 15.0. The second-order valence-corrected chi connectivity index (χ2v) is 11.0. The molecular weight excluding hydrogens is 597 g/mol. The largest absolute Gasteiger partial charge is 0.492 e. The van der Waals surface area contributed by atoms with Gasteiger partial charge in [0.1, 0.15) is 24.4 Å². The third kappa shape index (κ3) is 8.95. The average molecular weight is 636 g/mol. The Balaban J connectivity index is 1.84. The van der Waals surface area contributed by atoms with Crippen LogP contribution >= 0.6 is 22.6 Å². The summed E-state index contributed by atoms with van der Waals surface area (Å²) in [5, 5.41) is 11.8. The summed E-state index contributed by atoms with van der Waals surface area (Å²) in [4.78, 5) is 39.3. The molecule has 0 fully saturated rings. The quantitative estimate of drug-likeness (QED) is 0.324. The highest BCUT2D eigenvalue weighted by Gasteiger charge is 2.30. The minimum atomic E-state index is -0.893. The molecule has 0 aromatic heterocycles. The van der Waals surface area contributed by atoms with E-state index in [1.807, 2.05) is 62.4 Å². The monoisotopic (exact) mass is 635 g/mol. The number of halogens is 1. The molecule has 0 saturated heterocycles. The smallest absolute Gasteiger partial charge is 0.243 e. The first-order valence-corrected chi connectivity index (χ1v) is 14.1. The fourth-order valence-electron chi connectivity index (χ4n) is 4.25. The Hall–Kier alpha value is -2.70. The molecule has 0 spiro atoms. The number of carbonyl (C=O) groups excluding carboxylic acids is 3. The predicted molar refractivity (Wildman–Crippen MR) is 156 cm³/mol. The number of hydrogen-bond acceptors (Lipinski definition) is 6. The number of carbonyl (C=O) groups is 3. The lowest BCUT2D eigenvalue weighted by Gasteiger charge is -2.27. The van der Waals surface area contributed by atoms with Crippen molar-refractivity contribution < 1.29 is 19.1 Å². The topological polar surface area (TPSA) is 135 Å². The van der Waals surface area contributed by atoms with Gasteiger partial charge < -0.3 is 31.7 Å². The molecule has 0 unspecified atom stereocenters. The molecule has 9 nitrogen and oxygen atoms in total. The lowest BCUT2D eigenvalue weighted by molar-refractivity contribution is -0.133. The number of fused-ring (bicyclic) bond motifs is 1. The van der Waals surface area contributed by atoms with Crippen molar-refractivity contribution in [2.45, 2.75) is 51.2 Å². The Morgan fingerprint density at radius 2 is 1.68 bits per heavy atom. The van der Waals surface area contributed by atoms with Crippen molar-refractivity contribution in [2.24, 2.45) is 11.7 Å². The fraction of sp³-hybridized carbons (Fsp3) is 0.464. The highest BCUT2D eigenvalue weighted by molar-refractivity contribution is 14.1. The number of aryl methyl sites for hydroxylation is 1. The molecule has 206 valence electrons. The van der Waals surface area contributed by atoms with Crippen LogP contribution in [-0.4, -0.2) is 62.1 Å². The predicted octanol–water partition coefficient (Wildman–Crippen LogP) is 1.52. The summed E-state index contributed by atoms with van der Waals surface area (Å²) in [6, 6.07) is 13.5. The van der Waals surface area contributed by atoms with Gasteiger partial charge in [-0.2, -0.15) is 0 Å². The SMILES string of the molecule is CC(C)[C@H]1NC(=O)[C@@H](Cc2ccc(I)cc2)NCCOc2ccccc2CCCNC(=O)[C@H](CN)NC1=O. The van der Waals surface area contributed by atoms with E-state index in [0.29, 0.717) is 32.5 Å². The summed E-state index contributed by atoms with van der Waals surface area (Å²) < 4.78 is 7.16. The molecule has 1 heterocycles. The van der Waals surface area contributed by atoms with Crippen molar-refractivity contribution >= 4 is 40.3 Å². The number of amides is 3. The van der Waals surface area contributed by atoms with Crippen molar-refractivity contribution in [1.29, 1.82) is 0 Å². The molecule has 3 rings (SSSR count). The number of nitrogens with two attached hydrogens (primary N) is 1. The van der Waals surface area contributed by atoms with E-state index in [9.17, 15) is 14.4 Å². The van der Waals surface area contributed by atoms with Crippen LogP contribution in [-0.2, 0) is 27.2 Å². The van der Waals surface area contributed by atoms with Crippen molar-refractivity contribution in [3.8, 4) is 5.75 Å². The van der Waals surface area contributed by atoms with E-state index in [4.69, 9.17) is 10.5 Å². The van der Waals surface area contributed by atoms with Crippen molar-refractivity contribution in [2.75, 3.05) is 26.2 Å². The molecule has 0 bridgehead atoms. The molecule has 0 saturated carbocycles. The summed E-state index contributed by atoms with van der Waals surface area (Å²) in [7, 11) is 0. The first kappa shape index (κ1) is 29.9. The van der Waals surface area contributed by atoms with Crippen LogP contribution in [0.3, 0.4) is 0 Å². The lowest BCUT2D eigenvalue weighted by atomic mass is 10.0. The molecule has 38 heavy (non-hydrogen) atoms. The number of benzene rings is 2. The van der Waals surface area contributed by atoms with Gasteiger partial charge in [-0.05, 0) is 77.1 Å². The van der Waals surface area contributed by atoms with Crippen LogP contribution in [0.15, 0.2) is 48.5 Å². The van der Waals surface area contributed by atoms with Gasteiger partial charge in [0.2, 0.25) is 17.7 Å². The zero-order valence-electron chi connectivity index (χ0n) is 22.0. The minimum absolute atomic E-state index is 0.0516. The molecule has 10 heteroatoms. The van der Waals surface area contributed by atoms with Crippen LogP contribution in [0.25, 0.3) is 0 Å². The maximum absolute atomic E-state index is 13.5. The van der Waals surface area contributed by atoms with Crippen molar-refractivity contribution in [3.63, 3.8) is 0 Å². The van der Waals surface area contributed by atoms with Crippen LogP contribution in [0.4, 0.5) is 0 Å². The van der Waals surface area contributed by atoms with Gasteiger partial charge in [0.25, 0.3) is 0 Å². The highest BCUT2D eigenvalue weighted by Crippen LogP contribution is 2.19. The number of para-hydroxylation sites is 1. The van der Waals surface area contributed by atoms with Gasteiger partial charge in [0.05, 0.1) is 6.04 Å². The Morgan fingerprint density at radius 1 is 0.947 bits per heavy atom. The number of rotatable bonds is 4. The van der Waals surface area contributed by atoms with Crippen LogP contribution < -0.4 is 31.7 Å². The molecule has 3 atom stereocenters. The van der Waals surface area contributed by atoms with Gasteiger partial charge >= 0.3 is 0 Å². The standard InChI is InChI=1S/C28H38IN5O4/c1-18(2)25-28(37)33-23(17-30)26(35)32-13-5-7-20-6-3-4-8-24(20)38-15-14-31-22(27(36)34-25)16-19-9-11-21(29)12-10-19/h3-4,6,8-12,18,22-23,25,31H,5,7,13-17,30H2,1-2H3,(H,32,35)(H,33,37)(H,34,36)/t22-,23+,25-/m1/s1. The Kier molecular flexibility index (Phi) is 11.8. The molecule has 0 aliphatic carbocycles. The van der Waals surface area contributed by atoms with E-state index in [2.05, 4.69) is 43.9 Å². The number of ether oxygens (including phenoxy) is 1. The van der Waals surface area contributed by atoms with Gasteiger partial charge in [0, 0.05) is 23.2 Å². The zero-order valence-corrected chi connectivity index (χ0v) is 24.1. The average Bonchev–Trinajstić information content (AvgIpc) is 2.90. The van der Waals surface area contributed by atoms with Crippen LogP contribution in [0, 0.1) is 9.49 Å². The van der Waals surface area contributed by atoms with E-state index in [-0.39, 0.29) is 24.3 Å². The van der Waals surface area contributed by atoms with Gasteiger partial charge in [-0.25, -0.2) is 0 Å². The molecular formula is C28H38IN5O4. The van der Waals surface area contributed by atoms with E-state index in [0.717, 1.165) is 26.9 Å². The number of nitrogens with one attached hydrogen (secondary N) is 4. The Bertz CT molecular complexity index is 1080. The van der Waals surface area contributed by atoms with E-state index >= 15 is 0 Å². The zero-order chi connectivity index (χ0) is 27.5. The van der Waals surface area contributed by atoms with Crippen molar-refractivity contribution in [3.05, 3.63) is 63.2 Å². The van der Waals surface area contributed by atoms with E-state index < -0.39 is 24.0 Å². The first-order valence-electron chi connectivity index (χ1n) is 13.1. The van der Waals surface area contributed by atoms with Gasteiger partial charge in [-0.15, -0.1) is 0 Å². The van der Waals surface area contributed by atoms with Crippen LogP contribution in [0.2, 0.25) is 0 Å². The summed E-state index contributed by atoms with van der Waals surface area (Å²) in [6.07, 6.45) is 1.87. The third-order valence-electron chi connectivity index (χ3n) is 6.43. The van der Waals surface area contributed by atoms with Gasteiger partial charge in [-0.3, -0.25) is 14.4 Å². The summed E-state index contributed by atoms with van der Waals surface area (Å²) in [5.41, 5.74) is 7.85. The van der Waals surface area contributed by atoms with E-state index in [1.165, 1.54) is 0 Å². The van der Waals surface area contributed by atoms with Crippen LogP contribution in [0.1, 0.15) is 31.4 Å². The molecule has 1 aliphatic heterocycles.